The van der Waals surface area contributed by atoms with Crippen LogP contribution in [0.4, 0.5) is 5.69 Å². The number of rotatable bonds is 6. The third-order valence-corrected chi connectivity index (χ3v) is 8.61. The van der Waals surface area contributed by atoms with Gasteiger partial charge in [-0.1, -0.05) is 32.9 Å². The van der Waals surface area contributed by atoms with Crippen LogP contribution in [0.1, 0.15) is 26.3 Å². The molecule has 0 fully saturated rings. The Morgan fingerprint density at radius 2 is 1.81 bits per heavy atom. The van der Waals surface area contributed by atoms with Gasteiger partial charge >= 0.3 is 0 Å². The van der Waals surface area contributed by atoms with Crippen molar-refractivity contribution < 1.29 is 9.35 Å². The van der Waals surface area contributed by atoms with Gasteiger partial charge in [0.15, 0.2) is 8.32 Å². The van der Waals surface area contributed by atoms with Crippen molar-refractivity contribution in [3.8, 4) is 0 Å². The highest BCUT2D eigenvalue weighted by Gasteiger charge is 2.37. The molecule has 0 radical (unpaired) electrons. The van der Waals surface area contributed by atoms with Gasteiger partial charge in [0.2, 0.25) is 0 Å². The highest BCUT2D eigenvalue weighted by atomic mass is 28.4. The zero-order chi connectivity index (χ0) is 16.3. The molecule has 0 amide bonds. The largest absolute Gasteiger partial charge is 0.415 e. The van der Waals surface area contributed by atoms with Crippen LogP contribution in [-0.4, -0.2) is 25.9 Å². The number of hydrogen-bond acceptors (Lipinski definition) is 4. The van der Waals surface area contributed by atoms with Crippen LogP contribution in [-0.2, 0) is 10.8 Å². The molecule has 1 rings (SSSR count). The lowest BCUT2D eigenvalue weighted by Gasteiger charge is -2.37. The SMILES string of the molecule is CC(C)(C)[Si](C)(C)OCC(N)Cc1ccc([N+](=O)[O-])cc1. The summed E-state index contributed by atoms with van der Waals surface area (Å²) < 4.78 is 6.10. The van der Waals surface area contributed by atoms with Gasteiger partial charge in [-0.15, -0.1) is 0 Å². The molecule has 1 atom stereocenters. The first-order chi connectivity index (χ1) is 9.53. The number of nitrogens with two attached hydrogens (primary N) is 1. The van der Waals surface area contributed by atoms with Gasteiger partial charge in [-0.3, -0.25) is 10.1 Å². The Morgan fingerprint density at radius 1 is 1.29 bits per heavy atom. The lowest BCUT2D eigenvalue weighted by molar-refractivity contribution is -0.384. The van der Waals surface area contributed by atoms with Gasteiger partial charge in [-0.2, -0.15) is 0 Å². The molecule has 0 bridgehead atoms. The minimum absolute atomic E-state index is 0.0967. The highest BCUT2D eigenvalue weighted by Crippen LogP contribution is 2.36. The Hall–Kier alpha value is -1.24. The Labute approximate surface area is 127 Å². The zero-order valence-electron chi connectivity index (χ0n) is 13.6. The van der Waals surface area contributed by atoms with Crippen LogP contribution in [0.25, 0.3) is 0 Å². The van der Waals surface area contributed by atoms with Crippen LogP contribution < -0.4 is 5.73 Å². The molecule has 2 N–H and O–H groups in total. The number of nitro benzene ring substituents is 1. The minimum Gasteiger partial charge on any atom is -0.415 e. The first-order valence-corrected chi connectivity index (χ1v) is 10.1. The van der Waals surface area contributed by atoms with Gasteiger partial charge in [-0.05, 0) is 30.1 Å². The van der Waals surface area contributed by atoms with E-state index in [0.29, 0.717) is 13.0 Å². The molecule has 5 nitrogen and oxygen atoms in total. The summed E-state index contributed by atoms with van der Waals surface area (Å²) in [6, 6.07) is 6.43. The number of benzene rings is 1. The number of non-ortho nitro benzene ring substituents is 1. The highest BCUT2D eigenvalue weighted by molar-refractivity contribution is 6.74. The fraction of sp³-hybridized carbons (Fsp3) is 0.600. The zero-order valence-corrected chi connectivity index (χ0v) is 14.6. The van der Waals surface area contributed by atoms with Crippen molar-refractivity contribution in [1.82, 2.24) is 0 Å². The molecule has 0 aromatic heterocycles. The Balaban J connectivity index is 2.54. The molecule has 6 heteroatoms. The second-order valence-electron chi connectivity index (χ2n) is 6.96. The second kappa shape index (κ2) is 6.68. The van der Waals surface area contributed by atoms with Gasteiger partial charge in [0.05, 0.1) is 4.92 Å². The van der Waals surface area contributed by atoms with E-state index < -0.39 is 13.2 Å². The third-order valence-electron chi connectivity index (χ3n) is 4.11. The quantitative estimate of drug-likeness (QED) is 0.495. The third kappa shape index (κ3) is 5.22. The Bertz CT molecular complexity index is 481. The molecule has 21 heavy (non-hydrogen) atoms. The van der Waals surface area contributed by atoms with Crippen LogP contribution in [0.15, 0.2) is 24.3 Å². The number of nitro groups is 1. The summed E-state index contributed by atoms with van der Waals surface area (Å²) in [7, 11) is -1.78. The maximum Gasteiger partial charge on any atom is 0.269 e. The Morgan fingerprint density at radius 3 is 2.24 bits per heavy atom. The predicted molar refractivity (Wildman–Crippen MR) is 87.9 cm³/mol. The van der Waals surface area contributed by atoms with Crippen molar-refractivity contribution in [3.05, 3.63) is 39.9 Å². The van der Waals surface area contributed by atoms with E-state index >= 15 is 0 Å². The summed E-state index contributed by atoms with van der Waals surface area (Å²) >= 11 is 0. The maximum absolute atomic E-state index is 10.6. The fourth-order valence-electron chi connectivity index (χ4n) is 1.65. The summed E-state index contributed by atoms with van der Waals surface area (Å²) in [4.78, 5) is 10.2. The van der Waals surface area contributed by atoms with E-state index in [1.807, 2.05) is 0 Å². The molecule has 0 spiro atoms. The van der Waals surface area contributed by atoms with Crippen LogP contribution in [0, 0.1) is 10.1 Å². The minimum atomic E-state index is -1.78. The predicted octanol–water partition coefficient (Wildman–Crippen LogP) is 3.49. The average Bonchev–Trinajstić information content (AvgIpc) is 2.36. The van der Waals surface area contributed by atoms with E-state index in [9.17, 15) is 10.1 Å². The summed E-state index contributed by atoms with van der Waals surface area (Å²) in [6.45, 7) is 11.5. The molecule has 0 heterocycles. The monoisotopic (exact) mass is 310 g/mol. The lowest BCUT2D eigenvalue weighted by atomic mass is 10.1. The molecule has 1 aromatic rings. The normalized spacial score (nSPS) is 14.0. The topological polar surface area (TPSA) is 78.4 Å². The van der Waals surface area contributed by atoms with Gasteiger partial charge in [0.1, 0.15) is 0 Å². The number of nitrogens with zero attached hydrogens (tertiary/aromatic N) is 1. The first kappa shape index (κ1) is 17.8. The summed E-state index contributed by atoms with van der Waals surface area (Å²) in [5.41, 5.74) is 7.21. The average molecular weight is 310 g/mol. The molecule has 0 saturated heterocycles. The van der Waals surface area contributed by atoms with Crippen LogP contribution in [0.2, 0.25) is 18.1 Å². The summed E-state index contributed by atoms with van der Waals surface area (Å²) in [5, 5.41) is 10.8. The molecular formula is C15H26N2O3Si. The van der Waals surface area contributed by atoms with Crippen molar-refractivity contribution in [1.29, 1.82) is 0 Å². The van der Waals surface area contributed by atoms with Crippen LogP contribution in [0.3, 0.4) is 0 Å². The van der Waals surface area contributed by atoms with E-state index in [1.54, 1.807) is 12.1 Å². The lowest BCUT2D eigenvalue weighted by Crippen LogP contribution is -2.44. The summed E-state index contributed by atoms with van der Waals surface area (Å²) in [5.74, 6) is 0. The van der Waals surface area contributed by atoms with E-state index in [2.05, 4.69) is 33.9 Å². The van der Waals surface area contributed by atoms with Gasteiger partial charge in [-0.25, -0.2) is 0 Å². The smallest absolute Gasteiger partial charge is 0.269 e. The van der Waals surface area contributed by atoms with E-state index in [1.165, 1.54) is 12.1 Å². The first-order valence-electron chi connectivity index (χ1n) is 7.16. The van der Waals surface area contributed by atoms with Crippen molar-refractivity contribution in [2.75, 3.05) is 6.61 Å². The van der Waals surface area contributed by atoms with Gasteiger partial charge in [0, 0.05) is 24.8 Å². The molecule has 0 saturated carbocycles. The molecular weight excluding hydrogens is 284 g/mol. The fourth-order valence-corrected chi connectivity index (χ4v) is 2.71. The Kier molecular flexibility index (Phi) is 5.66. The standard InChI is InChI=1S/C15H26N2O3Si/c1-15(2,3)21(4,5)20-11-13(16)10-12-6-8-14(9-7-12)17(18)19/h6-9,13H,10-11,16H2,1-5H3. The van der Waals surface area contributed by atoms with E-state index in [-0.39, 0.29) is 16.8 Å². The van der Waals surface area contributed by atoms with Crippen molar-refractivity contribution in [2.45, 2.75) is 51.4 Å². The molecule has 118 valence electrons. The molecule has 1 unspecified atom stereocenters. The van der Waals surface area contributed by atoms with Crippen molar-refractivity contribution >= 4 is 14.0 Å². The van der Waals surface area contributed by atoms with Crippen LogP contribution >= 0.6 is 0 Å². The second-order valence-corrected chi connectivity index (χ2v) is 11.8. The summed E-state index contributed by atoms with van der Waals surface area (Å²) in [6.07, 6.45) is 0.659. The van der Waals surface area contributed by atoms with Crippen LogP contribution in [0.5, 0.6) is 0 Å². The molecule has 0 aliphatic rings. The van der Waals surface area contributed by atoms with Gasteiger partial charge < -0.3 is 10.2 Å². The van der Waals surface area contributed by atoms with Crippen molar-refractivity contribution in [3.63, 3.8) is 0 Å². The van der Waals surface area contributed by atoms with E-state index in [0.717, 1.165) is 5.56 Å². The molecule has 0 aliphatic carbocycles. The maximum atomic E-state index is 10.6. The molecule has 1 aromatic carbocycles. The van der Waals surface area contributed by atoms with E-state index in [4.69, 9.17) is 10.2 Å². The van der Waals surface area contributed by atoms with Crippen molar-refractivity contribution in [2.24, 2.45) is 5.73 Å². The van der Waals surface area contributed by atoms with Gasteiger partial charge in [0.25, 0.3) is 5.69 Å². The number of hydrogen-bond donors (Lipinski definition) is 1. The molecule has 0 aliphatic heterocycles.